The van der Waals surface area contributed by atoms with Crippen LogP contribution in [0.15, 0.2) is 39.7 Å². The molecule has 2 heterocycles. The molecule has 0 aromatic carbocycles. The van der Waals surface area contributed by atoms with Gasteiger partial charge in [0, 0.05) is 29.6 Å². The van der Waals surface area contributed by atoms with E-state index in [-0.39, 0.29) is 17.4 Å². The first-order valence-electron chi connectivity index (χ1n) is 6.02. The lowest BCUT2D eigenvalue weighted by atomic mass is 10.2. The van der Waals surface area contributed by atoms with Crippen molar-refractivity contribution < 1.29 is 9.90 Å². The lowest BCUT2D eigenvalue weighted by molar-refractivity contribution is -0.133. The second kappa shape index (κ2) is 6.71. The molecule has 7 heteroatoms. The van der Waals surface area contributed by atoms with Gasteiger partial charge in [-0.05, 0) is 18.4 Å². The maximum atomic E-state index is 11.3. The molecule has 0 saturated carbocycles. The van der Waals surface area contributed by atoms with E-state index in [0.29, 0.717) is 5.16 Å². The van der Waals surface area contributed by atoms with Gasteiger partial charge in [0.15, 0.2) is 5.16 Å². The van der Waals surface area contributed by atoms with Crippen molar-refractivity contribution in [3.8, 4) is 0 Å². The lowest BCUT2D eigenvalue weighted by Crippen LogP contribution is -2.18. The van der Waals surface area contributed by atoms with Gasteiger partial charge in [0.1, 0.15) is 0 Å². The van der Waals surface area contributed by atoms with Gasteiger partial charge in [0.25, 0.3) is 5.56 Å². The van der Waals surface area contributed by atoms with Crippen molar-refractivity contribution in [2.24, 2.45) is 0 Å². The van der Waals surface area contributed by atoms with Crippen LogP contribution in [0.5, 0.6) is 0 Å². The third-order valence-corrected chi connectivity index (χ3v) is 4.53. The average molecular weight is 310 g/mol. The quantitative estimate of drug-likeness (QED) is 0.654. The number of carboxylic acids is 1. The number of carboxylic acid groups (broad SMARTS) is 1. The number of thioether (sulfide) groups is 1. The summed E-state index contributed by atoms with van der Waals surface area (Å²) in [5, 5.41) is 11.2. The molecule has 5 nitrogen and oxygen atoms in total. The molecule has 1 atom stereocenters. The summed E-state index contributed by atoms with van der Waals surface area (Å²) in [6.07, 6.45) is 2.50. The van der Waals surface area contributed by atoms with Crippen LogP contribution in [-0.2, 0) is 11.2 Å². The molecule has 0 aliphatic heterocycles. The number of hydrogen-bond acceptors (Lipinski definition) is 5. The predicted octanol–water partition coefficient (Wildman–Crippen LogP) is 2.29. The SMILES string of the molecule is CC(Cc1cccs1)n1ccc(=O)nc1SCC(=O)O. The van der Waals surface area contributed by atoms with E-state index in [2.05, 4.69) is 11.1 Å². The van der Waals surface area contributed by atoms with Crippen molar-refractivity contribution >= 4 is 29.1 Å². The number of hydrogen-bond donors (Lipinski definition) is 1. The first-order valence-corrected chi connectivity index (χ1v) is 7.89. The zero-order valence-corrected chi connectivity index (χ0v) is 12.5. The minimum absolute atomic E-state index is 0.109. The zero-order chi connectivity index (χ0) is 14.5. The van der Waals surface area contributed by atoms with Crippen LogP contribution in [0.3, 0.4) is 0 Å². The molecule has 0 radical (unpaired) electrons. The van der Waals surface area contributed by atoms with Crippen LogP contribution in [-0.4, -0.2) is 26.4 Å². The fourth-order valence-corrected chi connectivity index (χ4v) is 3.41. The topological polar surface area (TPSA) is 72.2 Å². The van der Waals surface area contributed by atoms with E-state index in [4.69, 9.17) is 5.11 Å². The Morgan fingerprint density at radius 1 is 1.55 bits per heavy atom. The third-order valence-electron chi connectivity index (χ3n) is 2.68. The second-order valence-electron chi connectivity index (χ2n) is 4.27. The largest absolute Gasteiger partial charge is 0.481 e. The number of carbonyl (C=O) groups is 1. The van der Waals surface area contributed by atoms with Crippen molar-refractivity contribution in [3.05, 3.63) is 45.0 Å². The van der Waals surface area contributed by atoms with Crippen molar-refractivity contribution in [1.82, 2.24) is 9.55 Å². The van der Waals surface area contributed by atoms with Crippen LogP contribution in [0.25, 0.3) is 0 Å². The fraction of sp³-hybridized carbons (Fsp3) is 0.308. The maximum Gasteiger partial charge on any atom is 0.313 e. The van der Waals surface area contributed by atoms with Gasteiger partial charge in [-0.25, -0.2) is 0 Å². The summed E-state index contributed by atoms with van der Waals surface area (Å²) >= 11 is 2.74. The summed E-state index contributed by atoms with van der Waals surface area (Å²) in [6, 6.07) is 5.56. The lowest BCUT2D eigenvalue weighted by Gasteiger charge is -2.18. The standard InChI is InChI=1S/C13H14N2O3S2/c1-9(7-10-3-2-6-19-10)15-5-4-11(16)14-13(15)20-8-12(17)18/h2-6,9H,7-8H2,1H3,(H,17,18). The second-order valence-corrected chi connectivity index (χ2v) is 6.25. The first-order chi connectivity index (χ1) is 9.56. The Morgan fingerprint density at radius 2 is 2.35 bits per heavy atom. The van der Waals surface area contributed by atoms with E-state index >= 15 is 0 Å². The minimum Gasteiger partial charge on any atom is -0.481 e. The Kier molecular flexibility index (Phi) is 4.97. The van der Waals surface area contributed by atoms with Crippen LogP contribution < -0.4 is 5.56 Å². The molecule has 0 spiro atoms. The molecule has 0 saturated heterocycles. The van der Waals surface area contributed by atoms with Crippen LogP contribution in [0, 0.1) is 0 Å². The highest BCUT2D eigenvalue weighted by Crippen LogP contribution is 2.22. The average Bonchev–Trinajstić information content (AvgIpc) is 2.89. The maximum absolute atomic E-state index is 11.3. The number of rotatable bonds is 6. The van der Waals surface area contributed by atoms with Crippen molar-refractivity contribution in [3.63, 3.8) is 0 Å². The molecular formula is C13H14N2O3S2. The molecule has 2 rings (SSSR count). The number of thiophene rings is 1. The molecule has 1 unspecified atom stereocenters. The number of aliphatic carboxylic acids is 1. The Labute approximate surface area is 124 Å². The summed E-state index contributed by atoms with van der Waals surface area (Å²) in [5.41, 5.74) is -0.350. The summed E-state index contributed by atoms with van der Waals surface area (Å²) in [4.78, 5) is 27.2. The molecule has 0 aliphatic carbocycles. The summed E-state index contributed by atoms with van der Waals surface area (Å²) in [7, 11) is 0. The molecule has 0 bridgehead atoms. The van der Waals surface area contributed by atoms with E-state index in [1.807, 2.05) is 22.9 Å². The first kappa shape index (κ1) is 14.8. The smallest absolute Gasteiger partial charge is 0.313 e. The van der Waals surface area contributed by atoms with Crippen LogP contribution >= 0.6 is 23.1 Å². The summed E-state index contributed by atoms with van der Waals surface area (Å²) in [6.45, 7) is 2.02. The molecule has 0 fully saturated rings. The highest BCUT2D eigenvalue weighted by Gasteiger charge is 2.13. The fourth-order valence-electron chi connectivity index (χ4n) is 1.78. The molecular weight excluding hydrogens is 296 g/mol. The van der Waals surface area contributed by atoms with E-state index in [1.54, 1.807) is 17.5 Å². The predicted molar refractivity (Wildman–Crippen MR) is 79.6 cm³/mol. The normalized spacial score (nSPS) is 12.2. The Balaban J connectivity index is 2.20. The molecule has 2 aromatic heterocycles. The Hall–Kier alpha value is -1.60. The van der Waals surface area contributed by atoms with Gasteiger partial charge in [-0.2, -0.15) is 4.98 Å². The molecule has 106 valence electrons. The Morgan fingerprint density at radius 3 is 3.00 bits per heavy atom. The van der Waals surface area contributed by atoms with Crippen LogP contribution in [0.1, 0.15) is 17.8 Å². The van der Waals surface area contributed by atoms with Crippen LogP contribution in [0.2, 0.25) is 0 Å². The Bertz CT molecular complexity index is 637. The minimum atomic E-state index is -0.925. The molecule has 20 heavy (non-hydrogen) atoms. The van der Waals surface area contributed by atoms with E-state index in [0.717, 1.165) is 18.2 Å². The highest BCUT2D eigenvalue weighted by atomic mass is 32.2. The van der Waals surface area contributed by atoms with Gasteiger partial charge >= 0.3 is 5.97 Å². The van der Waals surface area contributed by atoms with Gasteiger partial charge in [0.05, 0.1) is 5.75 Å². The van der Waals surface area contributed by atoms with Gasteiger partial charge in [-0.1, -0.05) is 17.8 Å². The molecule has 1 N–H and O–H groups in total. The monoisotopic (exact) mass is 310 g/mol. The number of aromatic nitrogens is 2. The van der Waals surface area contributed by atoms with Gasteiger partial charge < -0.3 is 9.67 Å². The van der Waals surface area contributed by atoms with Crippen molar-refractivity contribution in [2.45, 2.75) is 24.5 Å². The van der Waals surface area contributed by atoms with E-state index in [1.165, 1.54) is 10.9 Å². The van der Waals surface area contributed by atoms with Crippen molar-refractivity contribution in [2.75, 3.05) is 5.75 Å². The van der Waals surface area contributed by atoms with Gasteiger partial charge in [-0.15, -0.1) is 11.3 Å². The third kappa shape index (κ3) is 3.94. The van der Waals surface area contributed by atoms with Gasteiger partial charge in [-0.3, -0.25) is 9.59 Å². The molecule has 0 amide bonds. The molecule has 2 aromatic rings. The number of nitrogens with zero attached hydrogens (tertiary/aromatic N) is 2. The zero-order valence-electron chi connectivity index (χ0n) is 10.9. The van der Waals surface area contributed by atoms with E-state index < -0.39 is 5.97 Å². The highest BCUT2D eigenvalue weighted by molar-refractivity contribution is 7.99. The molecule has 0 aliphatic rings. The summed E-state index contributed by atoms with van der Waals surface area (Å²) < 4.78 is 1.86. The van der Waals surface area contributed by atoms with Gasteiger partial charge in [0.2, 0.25) is 0 Å². The van der Waals surface area contributed by atoms with Crippen LogP contribution in [0.4, 0.5) is 0 Å². The van der Waals surface area contributed by atoms with E-state index in [9.17, 15) is 9.59 Å². The van der Waals surface area contributed by atoms with Crippen molar-refractivity contribution in [1.29, 1.82) is 0 Å². The summed E-state index contributed by atoms with van der Waals surface area (Å²) in [5.74, 6) is -1.03.